The van der Waals surface area contributed by atoms with Crippen molar-refractivity contribution >= 4 is 5.69 Å². The molecule has 0 amide bonds. The van der Waals surface area contributed by atoms with Gasteiger partial charge in [-0.2, -0.15) is 0 Å². The van der Waals surface area contributed by atoms with Crippen molar-refractivity contribution in [2.75, 3.05) is 25.0 Å². The maximum atomic E-state index is 13.0. The fourth-order valence-corrected chi connectivity index (χ4v) is 2.89. The summed E-state index contributed by atoms with van der Waals surface area (Å²) in [6, 6.07) is 5.22. The van der Waals surface area contributed by atoms with Gasteiger partial charge in [0.15, 0.2) is 11.5 Å². The molecular weight excluding hydrogens is 278 g/mol. The molecule has 2 heterocycles. The summed E-state index contributed by atoms with van der Waals surface area (Å²) in [5.41, 5.74) is 0.796. The van der Waals surface area contributed by atoms with Gasteiger partial charge < -0.3 is 19.7 Å². The van der Waals surface area contributed by atoms with Crippen LogP contribution in [0.15, 0.2) is 18.2 Å². The van der Waals surface area contributed by atoms with Gasteiger partial charge >= 0.3 is 6.29 Å². The predicted octanol–water partition coefficient (Wildman–Crippen LogP) is 3.29. The number of benzene rings is 1. The molecule has 0 aromatic heterocycles. The first-order valence-electron chi connectivity index (χ1n) is 7.44. The van der Waals surface area contributed by atoms with Gasteiger partial charge in [-0.15, -0.1) is 8.78 Å². The first-order valence-corrected chi connectivity index (χ1v) is 7.44. The van der Waals surface area contributed by atoms with Crippen LogP contribution in [0.4, 0.5) is 14.5 Å². The van der Waals surface area contributed by atoms with Crippen LogP contribution < -0.4 is 14.8 Å². The Morgan fingerprint density at radius 1 is 1.24 bits per heavy atom. The summed E-state index contributed by atoms with van der Waals surface area (Å²) in [6.45, 7) is 5.44. The van der Waals surface area contributed by atoms with Gasteiger partial charge in [0, 0.05) is 24.3 Å². The summed E-state index contributed by atoms with van der Waals surface area (Å²) in [6.07, 6.45) is -0.265. The van der Waals surface area contributed by atoms with Crippen molar-refractivity contribution in [1.82, 2.24) is 4.90 Å². The maximum absolute atomic E-state index is 13.0. The van der Waals surface area contributed by atoms with Gasteiger partial charge in [-0.1, -0.05) is 6.92 Å². The quantitative estimate of drug-likeness (QED) is 0.928. The lowest BCUT2D eigenvalue weighted by Gasteiger charge is -2.19. The Morgan fingerprint density at radius 2 is 2.05 bits per heavy atom. The first kappa shape index (κ1) is 14.4. The zero-order chi connectivity index (χ0) is 14.9. The highest BCUT2D eigenvalue weighted by molar-refractivity contribution is 5.56. The highest BCUT2D eigenvalue weighted by Crippen LogP contribution is 2.42. The minimum absolute atomic E-state index is 0.0866. The second-order valence-corrected chi connectivity index (χ2v) is 5.54. The van der Waals surface area contributed by atoms with E-state index in [1.165, 1.54) is 6.07 Å². The van der Waals surface area contributed by atoms with E-state index in [9.17, 15) is 8.78 Å². The van der Waals surface area contributed by atoms with Crippen molar-refractivity contribution in [3.63, 3.8) is 0 Å². The number of nitrogens with zero attached hydrogens (tertiary/aromatic N) is 1. The average molecular weight is 298 g/mol. The molecule has 1 fully saturated rings. The molecule has 0 bridgehead atoms. The van der Waals surface area contributed by atoms with E-state index >= 15 is 0 Å². The van der Waals surface area contributed by atoms with Crippen molar-refractivity contribution in [3.05, 3.63) is 18.2 Å². The van der Waals surface area contributed by atoms with Gasteiger partial charge in [0.2, 0.25) is 0 Å². The van der Waals surface area contributed by atoms with E-state index in [1.807, 2.05) is 0 Å². The zero-order valence-electron chi connectivity index (χ0n) is 12.1. The van der Waals surface area contributed by atoms with E-state index in [0.717, 1.165) is 44.6 Å². The number of hydrogen-bond donors (Lipinski definition) is 1. The molecule has 0 saturated carbocycles. The highest BCUT2D eigenvalue weighted by atomic mass is 19.3. The SMILES string of the molecule is CCN1CCCC(Nc2ccc3c(c2)OC(F)(F)O3)CC1. The monoisotopic (exact) mass is 298 g/mol. The fraction of sp³-hybridized carbons (Fsp3) is 0.600. The van der Waals surface area contributed by atoms with Crippen LogP contribution >= 0.6 is 0 Å². The Kier molecular flexibility index (Phi) is 3.89. The van der Waals surface area contributed by atoms with Crippen LogP contribution in [0.1, 0.15) is 26.2 Å². The van der Waals surface area contributed by atoms with E-state index in [1.54, 1.807) is 12.1 Å². The number of likely N-dealkylation sites (tertiary alicyclic amines) is 1. The molecule has 116 valence electrons. The normalized spacial score (nSPS) is 24.6. The predicted molar refractivity (Wildman–Crippen MR) is 76.0 cm³/mol. The number of hydrogen-bond acceptors (Lipinski definition) is 4. The lowest BCUT2D eigenvalue weighted by atomic mass is 10.1. The van der Waals surface area contributed by atoms with Gasteiger partial charge in [-0.25, -0.2) is 0 Å². The third-order valence-electron chi connectivity index (χ3n) is 4.04. The Bertz CT molecular complexity index is 510. The summed E-state index contributed by atoms with van der Waals surface area (Å²) < 4.78 is 34.9. The average Bonchev–Trinajstić information content (AvgIpc) is 2.60. The number of rotatable bonds is 3. The first-order chi connectivity index (χ1) is 10.1. The third kappa shape index (κ3) is 3.37. The summed E-state index contributed by atoms with van der Waals surface area (Å²) in [4.78, 5) is 2.43. The number of ether oxygens (including phenoxy) is 2. The van der Waals surface area contributed by atoms with Crippen LogP contribution in [0.5, 0.6) is 11.5 Å². The number of halogens is 2. The Hall–Kier alpha value is -1.56. The standard InChI is InChI=1S/C15H20F2N2O2/c1-2-19-8-3-4-11(7-9-19)18-12-5-6-13-14(10-12)21-15(16,17)20-13/h5-6,10-11,18H,2-4,7-9H2,1H3. The minimum Gasteiger partial charge on any atom is -0.395 e. The lowest BCUT2D eigenvalue weighted by Crippen LogP contribution is -2.26. The third-order valence-corrected chi connectivity index (χ3v) is 4.04. The number of nitrogens with one attached hydrogen (secondary N) is 1. The molecule has 21 heavy (non-hydrogen) atoms. The van der Waals surface area contributed by atoms with Gasteiger partial charge in [0.1, 0.15) is 0 Å². The van der Waals surface area contributed by atoms with Gasteiger partial charge in [0.25, 0.3) is 0 Å². The van der Waals surface area contributed by atoms with Crippen LogP contribution in [0.2, 0.25) is 0 Å². The fourth-order valence-electron chi connectivity index (χ4n) is 2.89. The Morgan fingerprint density at radius 3 is 2.86 bits per heavy atom. The molecule has 0 radical (unpaired) electrons. The molecule has 0 aliphatic carbocycles. The molecule has 1 aromatic rings. The second kappa shape index (κ2) is 5.67. The molecule has 2 aliphatic rings. The van der Waals surface area contributed by atoms with Crippen LogP contribution in [-0.2, 0) is 0 Å². The van der Waals surface area contributed by atoms with Crippen LogP contribution in [0, 0.1) is 0 Å². The number of fused-ring (bicyclic) bond motifs is 1. The maximum Gasteiger partial charge on any atom is 0.586 e. The van der Waals surface area contributed by atoms with Crippen LogP contribution in [-0.4, -0.2) is 36.9 Å². The van der Waals surface area contributed by atoms with Crippen LogP contribution in [0.25, 0.3) is 0 Å². The largest absolute Gasteiger partial charge is 0.586 e. The Labute approximate surface area is 123 Å². The van der Waals surface area contributed by atoms with E-state index < -0.39 is 6.29 Å². The molecule has 1 aromatic carbocycles. The Balaban J connectivity index is 1.64. The summed E-state index contributed by atoms with van der Waals surface area (Å²) in [5, 5.41) is 3.42. The summed E-state index contributed by atoms with van der Waals surface area (Å²) in [7, 11) is 0. The highest BCUT2D eigenvalue weighted by Gasteiger charge is 2.43. The van der Waals surface area contributed by atoms with Crippen molar-refractivity contribution in [3.8, 4) is 11.5 Å². The van der Waals surface area contributed by atoms with Gasteiger partial charge in [0.05, 0.1) is 0 Å². The van der Waals surface area contributed by atoms with Crippen molar-refractivity contribution in [1.29, 1.82) is 0 Å². The molecular formula is C15H20F2N2O2. The molecule has 1 unspecified atom stereocenters. The van der Waals surface area contributed by atoms with E-state index in [-0.39, 0.29) is 11.5 Å². The second-order valence-electron chi connectivity index (χ2n) is 5.54. The topological polar surface area (TPSA) is 33.7 Å². The van der Waals surface area contributed by atoms with E-state index in [0.29, 0.717) is 6.04 Å². The van der Waals surface area contributed by atoms with Gasteiger partial charge in [-0.05, 0) is 44.5 Å². The van der Waals surface area contributed by atoms with Crippen molar-refractivity contribution in [2.45, 2.75) is 38.5 Å². The molecule has 1 atom stereocenters. The minimum atomic E-state index is -3.55. The zero-order valence-corrected chi connectivity index (χ0v) is 12.1. The number of anilines is 1. The molecule has 1 N–H and O–H groups in total. The molecule has 6 heteroatoms. The summed E-state index contributed by atoms with van der Waals surface area (Å²) in [5.74, 6) is 0.178. The van der Waals surface area contributed by atoms with E-state index in [4.69, 9.17) is 0 Å². The molecule has 2 aliphatic heterocycles. The van der Waals surface area contributed by atoms with E-state index in [2.05, 4.69) is 26.6 Å². The molecule has 1 saturated heterocycles. The number of alkyl halides is 2. The van der Waals surface area contributed by atoms with Crippen LogP contribution in [0.3, 0.4) is 0 Å². The van der Waals surface area contributed by atoms with Gasteiger partial charge in [-0.3, -0.25) is 0 Å². The molecule has 3 rings (SSSR count). The van der Waals surface area contributed by atoms with Crippen molar-refractivity contribution in [2.24, 2.45) is 0 Å². The summed E-state index contributed by atoms with van der Waals surface area (Å²) >= 11 is 0. The lowest BCUT2D eigenvalue weighted by molar-refractivity contribution is -0.286. The van der Waals surface area contributed by atoms with Crippen molar-refractivity contribution < 1.29 is 18.3 Å². The molecule has 0 spiro atoms. The molecule has 4 nitrogen and oxygen atoms in total. The smallest absolute Gasteiger partial charge is 0.395 e.